The summed E-state index contributed by atoms with van der Waals surface area (Å²) >= 11 is 0. The maximum Gasteiger partial charge on any atom is 0.227 e. The Hall–Kier alpha value is -2.69. The van der Waals surface area contributed by atoms with Crippen LogP contribution < -0.4 is 19.5 Å². The van der Waals surface area contributed by atoms with Crippen LogP contribution in [0.2, 0.25) is 0 Å². The second-order valence-electron chi connectivity index (χ2n) is 4.98. The number of amides is 1. The number of hydrogen-bond donors (Lipinski definition) is 1. The van der Waals surface area contributed by atoms with E-state index in [1.54, 1.807) is 20.3 Å². The van der Waals surface area contributed by atoms with Gasteiger partial charge in [0.2, 0.25) is 5.91 Å². The SMILES string of the molecule is COc1cc(C)c(NC(=O)CCOc2ccccc2)cc1OC. The molecular weight excluding hydrogens is 294 g/mol. The predicted molar refractivity (Wildman–Crippen MR) is 89.5 cm³/mol. The van der Waals surface area contributed by atoms with E-state index >= 15 is 0 Å². The molecule has 1 N–H and O–H groups in total. The normalized spacial score (nSPS) is 10.0. The van der Waals surface area contributed by atoms with Crippen LogP contribution in [0.25, 0.3) is 0 Å². The molecule has 0 heterocycles. The summed E-state index contributed by atoms with van der Waals surface area (Å²) in [5, 5.41) is 2.87. The van der Waals surface area contributed by atoms with Crippen molar-refractivity contribution in [2.24, 2.45) is 0 Å². The summed E-state index contributed by atoms with van der Waals surface area (Å²) < 4.78 is 16.0. The molecule has 5 heteroatoms. The Labute approximate surface area is 136 Å². The van der Waals surface area contributed by atoms with E-state index < -0.39 is 0 Å². The molecule has 0 aliphatic rings. The number of carbonyl (C=O) groups is 1. The Kier molecular flexibility index (Phi) is 5.86. The van der Waals surface area contributed by atoms with E-state index in [-0.39, 0.29) is 12.3 Å². The molecule has 122 valence electrons. The number of benzene rings is 2. The van der Waals surface area contributed by atoms with Crippen molar-refractivity contribution in [2.75, 3.05) is 26.1 Å². The zero-order valence-corrected chi connectivity index (χ0v) is 13.6. The van der Waals surface area contributed by atoms with Gasteiger partial charge in [-0.2, -0.15) is 0 Å². The lowest BCUT2D eigenvalue weighted by Gasteiger charge is -2.13. The summed E-state index contributed by atoms with van der Waals surface area (Å²) in [5.74, 6) is 1.85. The first-order valence-electron chi connectivity index (χ1n) is 7.34. The topological polar surface area (TPSA) is 56.8 Å². The molecule has 0 aliphatic carbocycles. The summed E-state index contributed by atoms with van der Waals surface area (Å²) in [6, 6.07) is 13.0. The Morgan fingerprint density at radius 2 is 1.70 bits per heavy atom. The van der Waals surface area contributed by atoms with Gasteiger partial charge in [-0.15, -0.1) is 0 Å². The molecule has 1 amide bonds. The fourth-order valence-corrected chi connectivity index (χ4v) is 2.11. The number of rotatable bonds is 7. The fourth-order valence-electron chi connectivity index (χ4n) is 2.11. The van der Waals surface area contributed by atoms with E-state index in [1.165, 1.54) is 0 Å². The van der Waals surface area contributed by atoms with Gasteiger partial charge in [0.1, 0.15) is 5.75 Å². The number of carbonyl (C=O) groups excluding carboxylic acids is 1. The van der Waals surface area contributed by atoms with Gasteiger partial charge in [0.05, 0.1) is 27.2 Å². The maximum absolute atomic E-state index is 12.0. The van der Waals surface area contributed by atoms with Crippen LogP contribution in [-0.2, 0) is 4.79 Å². The highest BCUT2D eigenvalue weighted by Gasteiger charge is 2.11. The molecule has 0 saturated heterocycles. The molecule has 0 bridgehead atoms. The summed E-state index contributed by atoms with van der Waals surface area (Å²) in [7, 11) is 3.14. The standard InChI is InChI=1S/C18H21NO4/c1-13-11-16(21-2)17(22-3)12-15(13)19-18(20)9-10-23-14-7-5-4-6-8-14/h4-8,11-12H,9-10H2,1-3H3,(H,19,20). The van der Waals surface area contributed by atoms with Gasteiger partial charge >= 0.3 is 0 Å². The van der Waals surface area contributed by atoms with Gasteiger partial charge in [-0.3, -0.25) is 4.79 Å². The molecule has 0 unspecified atom stereocenters. The van der Waals surface area contributed by atoms with E-state index in [0.29, 0.717) is 23.8 Å². The second kappa shape index (κ2) is 8.08. The first kappa shape index (κ1) is 16.7. The van der Waals surface area contributed by atoms with Crippen LogP contribution in [0.3, 0.4) is 0 Å². The van der Waals surface area contributed by atoms with Crippen molar-refractivity contribution in [1.29, 1.82) is 0 Å². The van der Waals surface area contributed by atoms with Crippen molar-refractivity contribution in [3.8, 4) is 17.2 Å². The van der Waals surface area contributed by atoms with E-state index in [9.17, 15) is 4.79 Å². The lowest BCUT2D eigenvalue weighted by molar-refractivity contribution is -0.116. The minimum Gasteiger partial charge on any atom is -0.493 e. The summed E-state index contributed by atoms with van der Waals surface area (Å²) in [6.07, 6.45) is 0.267. The lowest BCUT2D eigenvalue weighted by atomic mass is 10.1. The molecule has 0 aromatic heterocycles. The zero-order valence-electron chi connectivity index (χ0n) is 13.6. The van der Waals surface area contributed by atoms with Gasteiger partial charge in [0.25, 0.3) is 0 Å². The Morgan fingerprint density at radius 1 is 1.04 bits per heavy atom. The quantitative estimate of drug-likeness (QED) is 0.850. The van der Waals surface area contributed by atoms with Gasteiger partial charge in [-0.05, 0) is 30.7 Å². The van der Waals surface area contributed by atoms with Crippen LogP contribution in [0.15, 0.2) is 42.5 Å². The number of aryl methyl sites for hydroxylation is 1. The van der Waals surface area contributed by atoms with E-state index in [2.05, 4.69) is 5.32 Å². The van der Waals surface area contributed by atoms with Gasteiger partial charge in [0.15, 0.2) is 11.5 Å². The molecule has 2 rings (SSSR count). The predicted octanol–water partition coefficient (Wildman–Crippen LogP) is 3.42. The molecule has 23 heavy (non-hydrogen) atoms. The fraction of sp³-hybridized carbons (Fsp3) is 0.278. The number of para-hydroxylation sites is 1. The van der Waals surface area contributed by atoms with Gasteiger partial charge < -0.3 is 19.5 Å². The Morgan fingerprint density at radius 3 is 2.35 bits per heavy atom. The average molecular weight is 315 g/mol. The van der Waals surface area contributed by atoms with Crippen molar-refractivity contribution in [3.63, 3.8) is 0 Å². The molecule has 5 nitrogen and oxygen atoms in total. The van der Waals surface area contributed by atoms with E-state index in [0.717, 1.165) is 11.3 Å². The minimum atomic E-state index is -0.115. The zero-order chi connectivity index (χ0) is 16.7. The Balaban J connectivity index is 1.92. The van der Waals surface area contributed by atoms with Crippen LogP contribution >= 0.6 is 0 Å². The molecule has 0 spiro atoms. The number of methoxy groups -OCH3 is 2. The molecule has 0 aliphatic heterocycles. The number of nitrogens with one attached hydrogen (secondary N) is 1. The Bertz CT molecular complexity index is 656. The number of anilines is 1. The van der Waals surface area contributed by atoms with Gasteiger partial charge in [-0.25, -0.2) is 0 Å². The average Bonchev–Trinajstić information content (AvgIpc) is 2.57. The minimum absolute atomic E-state index is 0.115. The molecule has 0 atom stereocenters. The van der Waals surface area contributed by atoms with Crippen LogP contribution in [0.1, 0.15) is 12.0 Å². The first-order chi connectivity index (χ1) is 11.1. The van der Waals surface area contributed by atoms with Crippen molar-refractivity contribution in [1.82, 2.24) is 0 Å². The summed E-state index contributed by atoms with van der Waals surface area (Å²) in [5.41, 5.74) is 1.60. The first-order valence-corrected chi connectivity index (χ1v) is 7.34. The highest BCUT2D eigenvalue weighted by Crippen LogP contribution is 2.32. The van der Waals surface area contributed by atoms with Crippen molar-refractivity contribution in [2.45, 2.75) is 13.3 Å². The maximum atomic E-state index is 12.0. The van der Waals surface area contributed by atoms with Crippen LogP contribution in [0.4, 0.5) is 5.69 Å². The monoisotopic (exact) mass is 315 g/mol. The third-order valence-corrected chi connectivity index (χ3v) is 3.35. The van der Waals surface area contributed by atoms with E-state index in [4.69, 9.17) is 14.2 Å². The molecule has 0 saturated carbocycles. The van der Waals surface area contributed by atoms with Crippen LogP contribution in [0.5, 0.6) is 17.2 Å². The molecule has 2 aromatic rings. The second-order valence-corrected chi connectivity index (χ2v) is 4.98. The highest BCUT2D eigenvalue weighted by molar-refractivity contribution is 5.92. The smallest absolute Gasteiger partial charge is 0.227 e. The highest BCUT2D eigenvalue weighted by atomic mass is 16.5. The van der Waals surface area contributed by atoms with Crippen molar-refractivity contribution in [3.05, 3.63) is 48.0 Å². The lowest BCUT2D eigenvalue weighted by Crippen LogP contribution is -2.16. The number of ether oxygens (including phenoxy) is 3. The van der Waals surface area contributed by atoms with Gasteiger partial charge in [-0.1, -0.05) is 18.2 Å². The summed E-state index contributed by atoms with van der Waals surface area (Å²) in [6.45, 7) is 2.22. The van der Waals surface area contributed by atoms with E-state index in [1.807, 2.05) is 43.3 Å². The largest absolute Gasteiger partial charge is 0.493 e. The molecule has 0 radical (unpaired) electrons. The molecule has 0 fully saturated rings. The third kappa shape index (κ3) is 4.64. The van der Waals surface area contributed by atoms with Crippen molar-refractivity contribution < 1.29 is 19.0 Å². The molecule has 2 aromatic carbocycles. The van der Waals surface area contributed by atoms with Gasteiger partial charge in [0, 0.05) is 11.8 Å². The van der Waals surface area contributed by atoms with Crippen molar-refractivity contribution >= 4 is 11.6 Å². The summed E-state index contributed by atoms with van der Waals surface area (Å²) in [4.78, 5) is 12.0. The number of hydrogen-bond acceptors (Lipinski definition) is 4. The van der Waals surface area contributed by atoms with Crippen LogP contribution in [0, 0.1) is 6.92 Å². The third-order valence-electron chi connectivity index (χ3n) is 3.35. The van der Waals surface area contributed by atoms with Crippen LogP contribution in [-0.4, -0.2) is 26.7 Å². The molecular formula is C18H21NO4.